The number of ether oxygens (including phenoxy) is 1. The summed E-state index contributed by atoms with van der Waals surface area (Å²) in [7, 11) is 0. The Labute approximate surface area is 110 Å². The molecule has 0 atom stereocenters. The smallest absolute Gasteiger partial charge is 0.222 e. The van der Waals surface area contributed by atoms with E-state index < -0.39 is 0 Å². The zero-order chi connectivity index (χ0) is 13.7. The van der Waals surface area contributed by atoms with Crippen LogP contribution in [0.25, 0.3) is 11.0 Å². The summed E-state index contributed by atoms with van der Waals surface area (Å²) in [6, 6.07) is 4.33. The van der Waals surface area contributed by atoms with E-state index in [0.717, 1.165) is 0 Å². The number of nitrogens with zero attached hydrogens (tertiary/aromatic N) is 1. The van der Waals surface area contributed by atoms with Crippen LogP contribution in [0.15, 0.2) is 18.2 Å². The highest BCUT2D eigenvalue weighted by molar-refractivity contribution is 5.77. The Kier molecular flexibility index (Phi) is 4.46. The third kappa shape index (κ3) is 3.75. The van der Waals surface area contributed by atoms with Gasteiger partial charge >= 0.3 is 0 Å². The number of fused-ring (bicyclic) bond motifs is 1. The zero-order valence-corrected chi connectivity index (χ0v) is 10.7. The Morgan fingerprint density at radius 2 is 2.37 bits per heavy atom. The molecule has 1 aromatic heterocycles. The molecule has 5 nitrogen and oxygen atoms in total. The van der Waals surface area contributed by atoms with Gasteiger partial charge in [-0.2, -0.15) is 0 Å². The van der Waals surface area contributed by atoms with Crippen LogP contribution in [0.5, 0.6) is 0 Å². The van der Waals surface area contributed by atoms with Crippen LogP contribution in [-0.4, -0.2) is 29.1 Å². The average Bonchev–Trinajstić information content (AvgIpc) is 2.78. The Bertz CT molecular complexity index is 568. The highest BCUT2D eigenvalue weighted by Gasteiger charge is 2.06. The first-order valence-corrected chi connectivity index (χ1v) is 6.17. The molecule has 1 amide bonds. The Balaban J connectivity index is 1.89. The van der Waals surface area contributed by atoms with Crippen LogP contribution in [0.4, 0.5) is 4.39 Å². The third-order valence-electron chi connectivity index (χ3n) is 2.62. The van der Waals surface area contributed by atoms with Crippen molar-refractivity contribution >= 4 is 16.9 Å². The first-order valence-electron chi connectivity index (χ1n) is 6.17. The number of benzene rings is 1. The molecule has 0 radical (unpaired) electrons. The summed E-state index contributed by atoms with van der Waals surface area (Å²) in [5.74, 6) is 0.189. The van der Waals surface area contributed by atoms with E-state index in [1.54, 1.807) is 6.07 Å². The largest absolute Gasteiger partial charge is 0.381 e. The Hall–Kier alpha value is -1.95. The van der Waals surface area contributed by atoms with E-state index in [1.807, 2.05) is 6.92 Å². The summed E-state index contributed by atoms with van der Waals surface area (Å²) in [6.45, 7) is 3.18. The number of hydrogen-bond donors (Lipinski definition) is 2. The second-order valence-corrected chi connectivity index (χ2v) is 4.07. The first-order chi connectivity index (χ1) is 9.19. The van der Waals surface area contributed by atoms with E-state index in [4.69, 9.17) is 4.74 Å². The molecule has 0 saturated carbocycles. The van der Waals surface area contributed by atoms with Crippen LogP contribution in [0, 0.1) is 5.82 Å². The van der Waals surface area contributed by atoms with Gasteiger partial charge < -0.3 is 15.0 Å². The zero-order valence-electron chi connectivity index (χ0n) is 10.7. The molecule has 0 spiro atoms. The lowest BCUT2D eigenvalue weighted by molar-refractivity contribution is -0.122. The van der Waals surface area contributed by atoms with E-state index in [0.29, 0.717) is 43.0 Å². The lowest BCUT2D eigenvalue weighted by atomic mass is 10.3. The van der Waals surface area contributed by atoms with E-state index in [9.17, 15) is 9.18 Å². The molecule has 0 saturated heterocycles. The van der Waals surface area contributed by atoms with E-state index in [2.05, 4.69) is 15.3 Å². The van der Waals surface area contributed by atoms with Crippen molar-refractivity contribution in [1.29, 1.82) is 0 Å². The summed E-state index contributed by atoms with van der Waals surface area (Å²) in [4.78, 5) is 18.7. The predicted octanol–water partition coefficient (Wildman–Crippen LogP) is 1.74. The summed E-state index contributed by atoms with van der Waals surface area (Å²) in [5.41, 5.74) is 1.30. The van der Waals surface area contributed by atoms with Gasteiger partial charge in [0.25, 0.3) is 0 Å². The highest BCUT2D eigenvalue weighted by Crippen LogP contribution is 2.12. The number of aromatic nitrogens is 2. The predicted molar refractivity (Wildman–Crippen MR) is 69.0 cm³/mol. The number of aromatic amines is 1. The van der Waals surface area contributed by atoms with Crippen molar-refractivity contribution in [3.63, 3.8) is 0 Å². The molecule has 0 bridgehead atoms. The molecular weight excluding hydrogens is 249 g/mol. The van der Waals surface area contributed by atoms with Gasteiger partial charge in [0.15, 0.2) is 0 Å². The fourth-order valence-electron chi connectivity index (χ4n) is 1.70. The number of carbonyl (C=O) groups excluding carboxylic acids is 1. The minimum absolute atomic E-state index is 0.0971. The summed E-state index contributed by atoms with van der Waals surface area (Å²) < 4.78 is 18.1. The fourth-order valence-corrected chi connectivity index (χ4v) is 1.70. The van der Waals surface area contributed by atoms with Gasteiger partial charge in [0.05, 0.1) is 24.2 Å². The van der Waals surface area contributed by atoms with Crippen molar-refractivity contribution in [2.75, 3.05) is 13.2 Å². The monoisotopic (exact) mass is 265 g/mol. The molecular formula is C13H16FN3O2. The molecule has 2 N–H and O–H groups in total. The van der Waals surface area contributed by atoms with Crippen LogP contribution in [0.2, 0.25) is 0 Å². The third-order valence-corrected chi connectivity index (χ3v) is 2.62. The lowest BCUT2D eigenvalue weighted by Crippen LogP contribution is -2.24. The van der Waals surface area contributed by atoms with Gasteiger partial charge in [-0.25, -0.2) is 9.37 Å². The second-order valence-electron chi connectivity index (χ2n) is 4.07. The van der Waals surface area contributed by atoms with E-state index in [-0.39, 0.29) is 11.7 Å². The van der Waals surface area contributed by atoms with Gasteiger partial charge in [0.1, 0.15) is 11.6 Å². The number of hydrogen-bond acceptors (Lipinski definition) is 3. The van der Waals surface area contributed by atoms with Crippen molar-refractivity contribution in [3.05, 3.63) is 29.8 Å². The highest BCUT2D eigenvalue weighted by atomic mass is 19.1. The van der Waals surface area contributed by atoms with Gasteiger partial charge in [-0.15, -0.1) is 0 Å². The van der Waals surface area contributed by atoms with Gasteiger partial charge in [0, 0.05) is 13.0 Å². The van der Waals surface area contributed by atoms with Gasteiger partial charge in [-0.1, -0.05) is 0 Å². The fraction of sp³-hybridized carbons (Fsp3) is 0.385. The molecule has 1 heterocycles. The van der Waals surface area contributed by atoms with Gasteiger partial charge in [-0.3, -0.25) is 4.79 Å². The minimum atomic E-state index is -0.316. The Morgan fingerprint density at radius 3 is 3.16 bits per heavy atom. The van der Waals surface area contributed by atoms with Crippen LogP contribution < -0.4 is 5.32 Å². The van der Waals surface area contributed by atoms with Crippen LogP contribution >= 0.6 is 0 Å². The quantitative estimate of drug-likeness (QED) is 0.782. The normalized spacial score (nSPS) is 10.8. The molecule has 0 aliphatic carbocycles. The molecule has 0 aliphatic rings. The number of carbonyl (C=O) groups is 1. The van der Waals surface area contributed by atoms with Gasteiger partial charge in [-0.05, 0) is 25.1 Å². The molecule has 102 valence electrons. The number of imidazole rings is 1. The molecule has 0 fully saturated rings. The minimum Gasteiger partial charge on any atom is -0.381 e. The maximum Gasteiger partial charge on any atom is 0.222 e. The maximum atomic E-state index is 13.0. The van der Waals surface area contributed by atoms with Crippen molar-refractivity contribution in [3.8, 4) is 0 Å². The summed E-state index contributed by atoms with van der Waals surface area (Å²) in [6.07, 6.45) is 0.322. The standard InChI is InChI=1S/C13H16FN3O2/c1-2-19-6-5-13(18)15-8-12-16-10-4-3-9(14)7-11(10)17-12/h3-4,7H,2,5-6,8H2,1H3,(H,15,18)(H,16,17). The van der Waals surface area contributed by atoms with E-state index >= 15 is 0 Å². The number of rotatable bonds is 6. The first kappa shape index (κ1) is 13.5. The molecule has 1 aromatic carbocycles. The van der Waals surface area contributed by atoms with Crippen LogP contribution in [-0.2, 0) is 16.1 Å². The van der Waals surface area contributed by atoms with Gasteiger partial charge in [0.2, 0.25) is 5.91 Å². The summed E-state index contributed by atoms with van der Waals surface area (Å²) >= 11 is 0. The molecule has 2 rings (SSSR count). The summed E-state index contributed by atoms with van der Waals surface area (Å²) in [5, 5.41) is 2.73. The topological polar surface area (TPSA) is 67.0 Å². The number of halogens is 1. The molecule has 0 aliphatic heterocycles. The average molecular weight is 265 g/mol. The van der Waals surface area contributed by atoms with Crippen molar-refractivity contribution in [2.45, 2.75) is 19.9 Å². The molecule has 0 unspecified atom stereocenters. The maximum absolute atomic E-state index is 13.0. The second kappa shape index (κ2) is 6.29. The van der Waals surface area contributed by atoms with Crippen molar-refractivity contribution in [2.24, 2.45) is 0 Å². The van der Waals surface area contributed by atoms with Crippen LogP contribution in [0.3, 0.4) is 0 Å². The van der Waals surface area contributed by atoms with Crippen LogP contribution in [0.1, 0.15) is 19.2 Å². The lowest BCUT2D eigenvalue weighted by Gasteiger charge is -2.03. The molecule has 19 heavy (non-hydrogen) atoms. The van der Waals surface area contributed by atoms with E-state index in [1.165, 1.54) is 12.1 Å². The molecule has 6 heteroatoms. The SMILES string of the molecule is CCOCCC(=O)NCc1nc2ccc(F)cc2[nH]1. The molecule has 2 aromatic rings. The number of amides is 1. The van der Waals surface area contributed by atoms with Crippen molar-refractivity contribution in [1.82, 2.24) is 15.3 Å². The Morgan fingerprint density at radius 1 is 1.53 bits per heavy atom. The number of H-pyrrole nitrogens is 1. The van der Waals surface area contributed by atoms with Crippen molar-refractivity contribution < 1.29 is 13.9 Å². The number of nitrogens with one attached hydrogen (secondary N) is 2.